The van der Waals surface area contributed by atoms with Crippen LogP contribution in [0.3, 0.4) is 0 Å². The summed E-state index contributed by atoms with van der Waals surface area (Å²) in [7, 11) is 0. The Morgan fingerprint density at radius 1 is 0.973 bits per heavy atom. The second kappa shape index (κ2) is 9.77. The highest BCUT2D eigenvalue weighted by molar-refractivity contribution is 6.51. The molecule has 0 saturated carbocycles. The SMILES string of the molecule is CCN(CC)c1ccc(C2/C(=C(/O)c3ccc4c(c3)CCO4)C(=O)C(=O)N2c2ccc(C)c(C)c2)cc1. The minimum absolute atomic E-state index is 0.0951. The van der Waals surface area contributed by atoms with E-state index in [4.69, 9.17) is 4.74 Å². The Kier molecular flexibility index (Phi) is 6.50. The fourth-order valence-electron chi connectivity index (χ4n) is 5.24. The Bertz CT molecular complexity index is 1400. The first-order valence-corrected chi connectivity index (χ1v) is 12.8. The predicted molar refractivity (Wildman–Crippen MR) is 146 cm³/mol. The molecule has 0 aromatic heterocycles. The molecule has 1 N–H and O–H groups in total. The van der Waals surface area contributed by atoms with Crippen LogP contribution in [-0.2, 0) is 16.0 Å². The topological polar surface area (TPSA) is 70.1 Å². The van der Waals surface area contributed by atoms with Gasteiger partial charge in [-0.1, -0.05) is 18.2 Å². The molecule has 190 valence electrons. The minimum Gasteiger partial charge on any atom is -0.507 e. The maximum atomic E-state index is 13.5. The van der Waals surface area contributed by atoms with Crippen molar-refractivity contribution in [2.75, 3.05) is 29.5 Å². The molecule has 3 aromatic rings. The molecular weight excluding hydrogens is 464 g/mol. The lowest BCUT2D eigenvalue weighted by molar-refractivity contribution is -0.132. The number of aryl methyl sites for hydroxylation is 2. The summed E-state index contributed by atoms with van der Waals surface area (Å²) in [6.45, 7) is 10.5. The molecule has 1 fully saturated rings. The summed E-state index contributed by atoms with van der Waals surface area (Å²) in [5, 5.41) is 11.5. The normalized spacial score (nSPS) is 18.2. The maximum absolute atomic E-state index is 13.5. The maximum Gasteiger partial charge on any atom is 0.300 e. The lowest BCUT2D eigenvalue weighted by Crippen LogP contribution is -2.29. The van der Waals surface area contributed by atoms with Gasteiger partial charge in [0.25, 0.3) is 11.7 Å². The second-order valence-corrected chi connectivity index (χ2v) is 9.62. The number of nitrogens with zero attached hydrogens (tertiary/aromatic N) is 2. The molecule has 0 bridgehead atoms. The zero-order chi connectivity index (χ0) is 26.3. The van der Waals surface area contributed by atoms with Crippen LogP contribution in [0.1, 0.15) is 47.7 Å². The number of hydrogen-bond donors (Lipinski definition) is 1. The lowest BCUT2D eigenvalue weighted by Gasteiger charge is -2.27. The van der Waals surface area contributed by atoms with Crippen molar-refractivity contribution in [3.63, 3.8) is 0 Å². The van der Waals surface area contributed by atoms with Gasteiger partial charge in [0.2, 0.25) is 0 Å². The average Bonchev–Trinajstić information content (AvgIpc) is 3.48. The summed E-state index contributed by atoms with van der Waals surface area (Å²) in [5.41, 5.74) is 6.16. The van der Waals surface area contributed by atoms with Gasteiger partial charge in [-0.15, -0.1) is 0 Å². The summed E-state index contributed by atoms with van der Waals surface area (Å²) in [4.78, 5) is 30.7. The molecule has 2 aliphatic rings. The Balaban J connectivity index is 1.67. The number of aliphatic hydroxyl groups excluding tert-OH is 1. The van der Waals surface area contributed by atoms with Gasteiger partial charge in [-0.05, 0) is 92.4 Å². The van der Waals surface area contributed by atoms with Gasteiger partial charge in [0, 0.05) is 36.4 Å². The summed E-state index contributed by atoms with van der Waals surface area (Å²) in [5.74, 6) is -0.717. The highest BCUT2D eigenvalue weighted by Gasteiger charge is 2.47. The first-order chi connectivity index (χ1) is 17.8. The zero-order valence-corrected chi connectivity index (χ0v) is 21.7. The van der Waals surface area contributed by atoms with Crippen molar-refractivity contribution in [2.45, 2.75) is 40.2 Å². The number of carbonyl (C=O) groups excluding carboxylic acids is 2. The number of carbonyl (C=O) groups is 2. The smallest absolute Gasteiger partial charge is 0.300 e. The molecule has 5 rings (SSSR count). The Morgan fingerprint density at radius 3 is 2.38 bits per heavy atom. The van der Waals surface area contributed by atoms with E-state index >= 15 is 0 Å². The number of Topliss-reactive ketones (excluding diaryl/α,β-unsaturated/α-hetero) is 1. The van der Waals surface area contributed by atoms with Gasteiger partial charge < -0.3 is 14.7 Å². The molecule has 1 atom stereocenters. The average molecular weight is 497 g/mol. The monoisotopic (exact) mass is 496 g/mol. The van der Waals surface area contributed by atoms with Gasteiger partial charge >= 0.3 is 0 Å². The van der Waals surface area contributed by atoms with Crippen molar-refractivity contribution in [3.05, 3.63) is 94.1 Å². The van der Waals surface area contributed by atoms with Crippen molar-refractivity contribution in [1.82, 2.24) is 0 Å². The molecule has 3 aromatic carbocycles. The van der Waals surface area contributed by atoms with Crippen LogP contribution in [0.15, 0.2) is 66.2 Å². The van der Waals surface area contributed by atoms with Crippen molar-refractivity contribution >= 4 is 28.8 Å². The van der Waals surface area contributed by atoms with Gasteiger partial charge in [0.1, 0.15) is 11.5 Å². The first-order valence-electron chi connectivity index (χ1n) is 12.8. The fourth-order valence-corrected chi connectivity index (χ4v) is 5.24. The van der Waals surface area contributed by atoms with Crippen LogP contribution in [-0.4, -0.2) is 36.5 Å². The zero-order valence-electron chi connectivity index (χ0n) is 21.7. The number of aliphatic hydroxyl groups is 1. The number of ether oxygens (including phenoxy) is 1. The lowest BCUT2D eigenvalue weighted by atomic mass is 9.94. The van der Waals surface area contributed by atoms with Crippen molar-refractivity contribution < 1.29 is 19.4 Å². The van der Waals surface area contributed by atoms with E-state index in [1.54, 1.807) is 6.07 Å². The first kappa shape index (κ1) is 24.6. The van der Waals surface area contributed by atoms with Crippen molar-refractivity contribution in [1.29, 1.82) is 0 Å². The Morgan fingerprint density at radius 2 is 1.70 bits per heavy atom. The molecule has 6 heteroatoms. The largest absolute Gasteiger partial charge is 0.507 e. The highest BCUT2D eigenvalue weighted by Crippen LogP contribution is 2.43. The van der Waals surface area contributed by atoms with Crippen molar-refractivity contribution in [2.24, 2.45) is 0 Å². The van der Waals surface area contributed by atoms with Gasteiger partial charge in [-0.25, -0.2) is 0 Å². The van der Waals surface area contributed by atoms with Crippen LogP contribution in [0.25, 0.3) is 5.76 Å². The van der Waals surface area contributed by atoms with E-state index < -0.39 is 17.7 Å². The summed E-state index contributed by atoms with van der Waals surface area (Å²) in [6, 6.07) is 18.3. The number of ketones is 1. The molecule has 0 radical (unpaired) electrons. The molecule has 2 heterocycles. The van der Waals surface area contributed by atoms with Gasteiger partial charge in [-0.2, -0.15) is 0 Å². The van der Waals surface area contributed by atoms with Crippen LogP contribution in [0, 0.1) is 13.8 Å². The molecule has 37 heavy (non-hydrogen) atoms. The quantitative estimate of drug-likeness (QED) is 0.269. The fraction of sp³-hybridized carbons (Fsp3) is 0.290. The number of hydrogen-bond acceptors (Lipinski definition) is 5. The van der Waals surface area contributed by atoms with Crippen LogP contribution >= 0.6 is 0 Å². The minimum atomic E-state index is -0.752. The standard InChI is InChI=1S/C31H32N2O4/c1-5-32(6-2)24-12-8-21(9-13-24)28-27(29(34)23-10-14-26-22(18-23)15-16-37-26)30(35)31(36)33(28)25-11-7-19(3)20(4)17-25/h7-14,17-18,28,34H,5-6,15-16H2,1-4H3/b29-27-. The molecular formula is C31H32N2O4. The summed E-state index contributed by atoms with van der Waals surface area (Å²) >= 11 is 0. The van der Waals surface area contributed by atoms with E-state index in [9.17, 15) is 14.7 Å². The van der Waals surface area contributed by atoms with Crippen LogP contribution in [0.5, 0.6) is 5.75 Å². The van der Waals surface area contributed by atoms with E-state index in [2.05, 4.69) is 18.7 Å². The summed E-state index contributed by atoms with van der Waals surface area (Å²) < 4.78 is 5.60. The van der Waals surface area contributed by atoms with Crippen LogP contribution in [0.4, 0.5) is 11.4 Å². The highest BCUT2D eigenvalue weighted by atomic mass is 16.5. The Hall–Kier alpha value is -4.06. The third-order valence-corrected chi connectivity index (χ3v) is 7.51. The number of rotatable bonds is 6. The third kappa shape index (κ3) is 4.26. The molecule has 1 saturated heterocycles. The number of fused-ring (bicyclic) bond motifs is 1. The third-order valence-electron chi connectivity index (χ3n) is 7.51. The molecule has 0 aliphatic carbocycles. The molecule has 1 amide bonds. The number of benzene rings is 3. The van der Waals surface area contributed by atoms with Gasteiger partial charge in [-0.3, -0.25) is 14.5 Å². The van der Waals surface area contributed by atoms with Gasteiger partial charge in [0.05, 0.1) is 18.2 Å². The molecule has 0 spiro atoms. The Labute approximate surface area is 217 Å². The summed E-state index contributed by atoms with van der Waals surface area (Å²) in [6.07, 6.45) is 0.740. The van der Waals surface area contributed by atoms with E-state index in [1.807, 2.05) is 68.4 Å². The number of amides is 1. The molecule has 6 nitrogen and oxygen atoms in total. The van der Waals surface area contributed by atoms with E-state index in [1.165, 1.54) is 4.90 Å². The van der Waals surface area contributed by atoms with E-state index in [0.717, 1.165) is 53.2 Å². The van der Waals surface area contributed by atoms with E-state index in [0.29, 0.717) is 17.9 Å². The van der Waals surface area contributed by atoms with Crippen LogP contribution in [0.2, 0.25) is 0 Å². The molecule has 2 aliphatic heterocycles. The second-order valence-electron chi connectivity index (χ2n) is 9.62. The number of anilines is 2. The molecule has 1 unspecified atom stereocenters. The van der Waals surface area contributed by atoms with E-state index in [-0.39, 0.29) is 11.3 Å². The van der Waals surface area contributed by atoms with Gasteiger partial charge in [0.15, 0.2) is 0 Å². The van der Waals surface area contributed by atoms with Crippen molar-refractivity contribution in [3.8, 4) is 5.75 Å². The van der Waals surface area contributed by atoms with Crippen LogP contribution < -0.4 is 14.5 Å². The predicted octanol–water partition coefficient (Wildman–Crippen LogP) is 5.71.